The molecule has 0 bridgehead atoms. The second kappa shape index (κ2) is 5.36. The molecule has 0 atom stereocenters. The maximum absolute atomic E-state index is 13.1. The van der Waals surface area contributed by atoms with Crippen molar-refractivity contribution in [3.8, 4) is 5.75 Å². The molecule has 3 N–H and O–H groups in total. The van der Waals surface area contributed by atoms with Crippen molar-refractivity contribution in [3.05, 3.63) is 28.6 Å². The zero-order valence-electron chi connectivity index (χ0n) is 13.1. The molecule has 0 radical (unpaired) electrons. The van der Waals surface area contributed by atoms with Crippen molar-refractivity contribution in [1.82, 2.24) is 4.57 Å². The van der Waals surface area contributed by atoms with Crippen molar-refractivity contribution in [2.24, 2.45) is 5.92 Å². The molecule has 0 saturated heterocycles. The second-order valence-electron chi connectivity index (χ2n) is 6.66. The van der Waals surface area contributed by atoms with Gasteiger partial charge in [0, 0.05) is 37.0 Å². The van der Waals surface area contributed by atoms with Crippen LogP contribution in [-0.2, 0) is 6.54 Å². The number of halogens is 2. The molecule has 7 heteroatoms. The smallest absolute Gasteiger partial charge is 0.295 e. The van der Waals surface area contributed by atoms with Crippen LogP contribution in [0.15, 0.2) is 23.0 Å². The number of ether oxygens (including phenoxy) is 1. The van der Waals surface area contributed by atoms with Crippen LogP contribution in [0.1, 0.15) is 19.3 Å². The Balaban J connectivity index is 1.86. The van der Waals surface area contributed by atoms with E-state index in [-0.39, 0.29) is 36.6 Å². The molecular formula is C17H19F2N3O2. The molecule has 2 aliphatic rings. The van der Waals surface area contributed by atoms with Gasteiger partial charge in [-0.25, -0.2) is 8.78 Å². The highest BCUT2D eigenvalue weighted by molar-refractivity contribution is 5.96. The summed E-state index contributed by atoms with van der Waals surface area (Å²) in [6.07, 6.45) is 0.435. The monoisotopic (exact) mass is 335 g/mol. The second-order valence-corrected chi connectivity index (χ2v) is 6.66. The van der Waals surface area contributed by atoms with Gasteiger partial charge >= 0.3 is 0 Å². The lowest BCUT2D eigenvalue weighted by Crippen LogP contribution is -2.39. The fourth-order valence-corrected chi connectivity index (χ4v) is 3.57. The Labute approximate surface area is 137 Å². The van der Waals surface area contributed by atoms with E-state index in [4.69, 9.17) is 10.5 Å². The Kier molecular flexibility index (Phi) is 3.40. The fourth-order valence-electron chi connectivity index (χ4n) is 3.57. The average molecular weight is 335 g/mol. The Morgan fingerprint density at radius 1 is 1.38 bits per heavy atom. The van der Waals surface area contributed by atoms with E-state index in [1.54, 1.807) is 22.8 Å². The molecule has 0 amide bonds. The minimum Gasteiger partial charge on any atom is -0.486 e. The summed E-state index contributed by atoms with van der Waals surface area (Å²) in [5.41, 5.74) is 7.56. The van der Waals surface area contributed by atoms with Gasteiger partial charge in [0.25, 0.3) is 5.56 Å². The fraction of sp³-hybridized carbons (Fsp3) is 0.471. The summed E-state index contributed by atoms with van der Waals surface area (Å²) >= 11 is 0. The molecule has 0 unspecified atom stereocenters. The summed E-state index contributed by atoms with van der Waals surface area (Å²) in [5.74, 6) is -2.54. The molecule has 1 aromatic carbocycles. The van der Waals surface area contributed by atoms with E-state index in [1.165, 1.54) is 0 Å². The largest absolute Gasteiger partial charge is 0.486 e. The molecule has 2 heterocycles. The predicted octanol–water partition coefficient (Wildman–Crippen LogP) is 2.82. The Hall–Kier alpha value is -2.31. The molecule has 0 spiro atoms. The van der Waals surface area contributed by atoms with Crippen molar-refractivity contribution in [1.29, 1.82) is 0 Å². The summed E-state index contributed by atoms with van der Waals surface area (Å²) in [4.78, 5) is 12.9. The molecule has 1 aliphatic heterocycles. The number of nitrogens with two attached hydrogens (primary N) is 1. The van der Waals surface area contributed by atoms with Gasteiger partial charge in [-0.15, -0.1) is 0 Å². The van der Waals surface area contributed by atoms with Crippen LogP contribution >= 0.6 is 0 Å². The maximum Gasteiger partial charge on any atom is 0.295 e. The lowest BCUT2D eigenvalue weighted by molar-refractivity contribution is -0.114. The number of aromatic nitrogens is 1. The number of benzene rings is 1. The van der Waals surface area contributed by atoms with Crippen LogP contribution in [-0.4, -0.2) is 23.6 Å². The number of alkyl halides is 2. The lowest BCUT2D eigenvalue weighted by atomic mass is 9.81. The average Bonchev–Trinajstić information content (AvgIpc) is 2.75. The summed E-state index contributed by atoms with van der Waals surface area (Å²) in [6, 6.07) is 5.29. The first-order chi connectivity index (χ1) is 11.4. The van der Waals surface area contributed by atoms with Crippen LogP contribution in [0.4, 0.5) is 20.2 Å². The zero-order valence-corrected chi connectivity index (χ0v) is 13.1. The number of rotatable bonds is 2. The number of pyridine rings is 1. The summed E-state index contributed by atoms with van der Waals surface area (Å²) in [6.45, 7) is 1.42. The molecule has 1 aliphatic carbocycles. The number of anilines is 2. The number of nitrogens with one attached hydrogen (secondary N) is 1. The highest BCUT2D eigenvalue weighted by Gasteiger charge is 2.45. The van der Waals surface area contributed by atoms with E-state index >= 15 is 0 Å². The van der Waals surface area contributed by atoms with Gasteiger partial charge < -0.3 is 20.4 Å². The molecule has 1 saturated carbocycles. The highest BCUT2D eigenvalue weighted by Crippen LogP contribution is 2.43. The van der Waals surface area contributed by atoms with E-state index in [9.17, 15) is 13.6 Å². The highest BCUT2D eigenvalue weighted by atomic mass is 19.3. The maximum atomic E-state index is 13.1. The Morgan fingerprint density at radius 2 is 2.17 bits per heavy atom. The van der Waals surface area contributed by atoms with Gasteiger partial charge in [0.05, 0.1) is 17.8 Å². The van der Waals surface area contributed by atoms with E-state index in [0.717, 1.165) is 11.8 Å². The third-order valence-electron chi connectivity index (χ3n) is 4.73. The molecular weight excluding hydrogens is 316 g/mol. The number of nitrogens with zero attached hydrogens (tertiary/aromatic N) is 1. The SMILES string of the molecule is Nc1ccc2c(c1)c1c(c(=O)n2CC2CC(F)(F)C2)OCCCN1. The van der Waals surface area contributed by atoms with Gasteiger partial charge in [-0.1, -0.05) is 0 Å². The minimum atomic E-state index is -2.60. The number of hydrogen-bond donors (Lipinski definition) is 2. The first-order valence-corrected chi connectivity index (χ1v) is 8.15. The molecule has 24 heavy (non-hydrogen) atoms. The zero-order chi connectivity index (χ0) is 16.9. The third-order valence-corrected chi connectivity index (χ3v) is 4.73. The molecule has 5 nitrogen and oxygen atoms in total. The van der Waals surface area contributed by atoms with Crippen LogP contribution in [0.25, 0.3) is 10.9 Å². The number of hydrogen-bond acceptors (Lipinski definition) is 4. The van der Waals surface area contributed by atoms with Crippen LogP contribution in [0.2, 0.25) is 0 Å². The molecule has 1 aromatic heterocycles. The van der Waals surface area contributed by atoms with Gasteiger partial charge in [-0.2, -0.15) is 0 Å². The van der Waals surface area contributed by atoms with Crippen LogP contribution in [0.5, 0.6) is 5.75 Å². The molecule has 128 valence electrons. The standard InChI is InChI=1S/C17H19F2N3O2/c18-17(19)7-10(8-17)9-22-13-3-2-11(20)6-12(13)14-15(16(22)23)24-5-1-4-21-14/h2-3,6,10,21H,1,4-5,7-9,20H2. The number of nitrogen functional groups attached to an aromatic ring is 1. The van der Waals surface area contributed by atoms with Crippen molar-refractivity contribution in [2.45, 2.75) is 31.7 Å². The van der Waals surface area contributed by atoms with Gasteiger partial charge in [0.15, 0.2) is 0 Å². The van der Waals surface area contributed by atoms with Gasteiger partial charge in [0.1, 0.15) is 0 Å². The summed E-state index contributed by atoms with van der Waals surface area (Å²) in [7, 11) is 0. The Bertz CT molecular complexity index is 855. The number of fused-ring (bicyclic) bond motifs is 3. The van der Waals surface area contributed by atoms with E-state index in [0.29, 0.717) is 30.0 Å². The van der Waals surface area contributed by atoms with Gasteiger partial charge in [0.2, 0.25) is 11.7 Å². The normalized spacial score (nSPS) is 19.8. The van der Waals surface area contributed by atoms with Crippen LogP contribution < -0.4 is 21.3 Å². The molecule has 2 aromatic rings. The van der Waals surface area contributed by atoms with E-state index in [1.807, 2.05) is 0 Å². The summed E-state index contributed by atoms with van der Waals surface area (Å²) in [5, 5.41) is 4.03. The minimum absolute atomic E-state index is 0.175. The van der Waals surface area contributed by atoms with E-state index < -0.39 is 5.92 Å². The quantitative estimate of drug-likeness (QED) is 0.828. The Morgan fingerprint density at radius 3 is 2.92 bits per heavy atom. The van der Waals surface area contributed by atoms with Crippen molar-refractivity contribution >= 4 is 22.3 Å². The van der Waals surface area contributed by atoms with Crippen LogP contribution in [0.3, 0.4) is 0 Å². The van der Waals surface area contributed by atoms with Crippen molar-refractivity contribution in [3.63, 3.8) is 0 Å². The van der Waals surface area contributed by atoms with Gasteiger partial charge in [-0.3, -0.25) is 4.79 Å². The predicted molar refractivity (Wildman–Crippen MR) is 88.9 cm³/mol. The summed E-state index contributed by atoms with van der Waals surface area (Å²) < 4.78 is 33.5. The topological polar surface area (TPSA) is 69.3 Å². The molecule has 1 fully saturated rings. The van der Waals surface area contributed by atoms with Crippen molar-refractivity contribution in [2.75, 3.05) is 24.2 Å². The molecule has 4 rings (SSSR count). The van der Waals surface area contributed by atoms with Crippen molar-refractivity contribution < 1.29 is 13.5 Å². The van der Waals surface area contributed by atoms with E-state index in [2.05, 4.69) is 5.32 Å². The lowest BCUT2D eigenvalue weighted by Gasteiger charge is -2.35. The third kappa shape index (κ3) is 2.48. The first kappa shape index (κ1) is 15.2. The first-order valence-electron chi connectivity index (χ1n) is 8.15. The van der Waals surface area contributed by atoms with Gasteiger partial charge in [-0.05, 0) is 30.5 Å². The van der Waals surface area contributed by atoms with Crippen LogP contribution in [0, 0.1) is 5.92 Å².